The van der Waals surface area contributed by atoms with Crippen LogP contribution < -0.4 is 0 Å². The van der Waals surface area contributed by atoms with E-state index in [1.54, 1.807) is 0 Å². The zero-order valence-corrected chi connectivity index (χ0v) is 10.2. The summed E-state index contributed by atoms with van der Waals surface area (Å²) in [6, 6.07) is 0. The lowest BCUT2D eigenvalue weighted by atomic mass is 9.80. The van der Waals surface area contributed by atoms with Crippen molar-refractivity contribution in [1.82, 2.24) is 0 Å². The van der Waals surface area contributed by atoms with Crippen molar-refractivity contribution in [3.05, 3.63) is 12.2 Å². The van der Waals surface area contributed by atoms with Crippen LogP contribution in [0.1, 0.15) is 52.4 Å². The summed E-state index contributed by atoms with van der Waals surface area (Å²) in [7, 11) is 0. The molecule has 90 valence electrons. The zero-order valence-electron chi connectivity index (χ0n) is 10.2. The van der Waals surface area contributed by atoms with Crippen molar-refractivity contribution in [2.24, 2.45) is 0 Å². The molecule has 0 aromatic carbocycles. The Bertz CT molecular complexity index is 298. The number of Topliss-reactive ketones (excluding diaryl/α,β-unsaturated/α-hetero) is 1. The molecule has 3 nitrogen and oxygen atoms in total. The van der Waals surface area contributed by atoms with Crippen molar-refractivity contribution in [1.29, 1.82) is 0 Å². The molecule has 0 atom stereocenters. The number of hydrogen-bond donors (Lipinski definition) is 0. The Morgan fingerprint density at radius 1 is 1.19 bits per heavy atom. The van der Waals surface area contributed by atoms with Crippen LogP contribution in [0, 0.1) is 0 Å². The number of carbonyl (C=O) groups is 2. The molecule has 0 bridgehead atoms. The molecule has 0 aromatic heterocycles. The summed E-state index contributed by atoms with van der Waals surface area (Å²) in [5, 5.41) is 0. The minimum Gasteiger partial charge on any atom is -0.454 e. The smallest absolute Gasteiger partial charge is 0.314 e. The van der Waals surface area contributed by atoms with Crippen molar-refractivity contribution >= 4 is 11.8 Å². The third kappa shape index (κ3) is 3.19. The van der Waals surface area contributed by atoms with Gasteiger partial charge < -0.3 is 4.74 Å². The lowest BCUT2D eigenvalue weighted by Crippen LogP contribution is -2.38. The summed E-state index contributed by atoms with van der Waals surface area (Å²) in [6.07, 6.45) is 4.84. The van der Waals surface area contributed by atoms with Gasteiger partial charge in [0.2, 0.25) is 0 Å². The molecule has 16 heavy (non-hydrogen) atoms. The van der Waals surface area contributed by atoms with E-state index in [0.717, 1.165) is 31.3 Å². The first-order valence-electron chi connectivity index (χ1n) is 5.83. The number of ketones is 1. The second kappa shape index (κ2) is 5.28. The van der Waals surface area contributed by atoms with E-state index in [2.05, 4.69) is 6.58 Å². The Hall–Kier alpha value is -1.12. The van der Waals surface area contributed by atoms with Crippen LogP contribution in [0.25, 0.3) is 0 Å². The highest BCUT2D eigenvalue weighted by atomic mass is 16.6. The van der Waals surface area contributed by atoms with Gasteiger partial charge in [-0.05, 0) is 45.1 Å². The van der Waals surface area contributed by atoms with Crippen LogP contribution in [0.5, 0.6) is 0 Å². The van der Waals surface area contributed by atoms with Crippen molar-refractivity contribution in [3.63, 3.8) is 0 Å². The minimum absolute atomic E-state index is 0.130. The highest BCUT2D eigenvalue weighted by molar-refractivity contribution is 5.94. The maximum Gasteiger partial charge on any atom is 0.314 e. The topological polar surface area (TPSA) is 43.4 Å². The van der Waals surface area contributed by atoms with Gasteiger partial charge in [-0.3, -0.25) is 9.59 Å². The normalized spacial score (nSPS) is 18.9. The molecule has 0 aromatic rings. The van der Waals surface area contributed by atoms with Crippen molar-refractivity contribution in [2.45, 2.75) is 58.0 Å². The average Bonchev–Trinajstić information content (AvgIpc) is 2.17. The van der Waals surface area contributed by atoms with Crippen LogP contribution in [0.3, 0.4) is 0 Å². The van der Waals surface area contributed by atoms with Gasteiger partial charge in [0.25, 0.3) is 0 Å². The fourth-order valence-electron chi connectivity index (χ4n) is 2.20. The van der Waals surface area contributed by atoms with Crippen LogP contribution in [0.15, 0.2) is 12.2 Å². The summed E-state index contributed by atoms with van der Waals surface area (Å²) in [4.78, 5) is 22.4. The van der Waals surface area contributed by atoms with E-state index >= 15 is 0 Å². The predicted octanol–water partition coefficient (Wildman–Crippen LogP) is 2.79. The molecule has 0 aliphatic heterocycles. The van der Waals surface area contributed by atoms with Gasteiger partial charge >= 0.3 is 5.97 Å². The lowest BCUT2D eigenvalue weighted by Gasteiger charge is -2.37. The molecule has 0 N–H and O–H groups in total. The Balaban J connectivity index is 2.67. The van der Waals surface area contributed by atoms with Gasteiger partial charge in [-0.15, -0.1) is 0 Å². The second-order valence-corrected chi connectivity index (χ2v) is 4.69. The van der Waals surface area contributed by atoms with E-state index in [9.17, 15) is 9.59 Å². The molecule has 0 saturated heterocycles. The van der Waals surface area contributed by atoms with Crippen molar-refractivity contribution < 1.29 is 14.3 Å². The molecule has 1 rings (SSSR count). The number of carbonyl (C=O) groups excluding carboxylic acids is 2. The van der Waals surface area contributed by atoms with E-state index < -0.39 is 11.6 Å². The Morgan fingerprint density at radius 3 is 2.19 bits per heavy atom. The average molecular weight is 224 g/mol. The molecular weight excluding hydrogens is 204 g/mol. The van der Waals surface area contributed by atoms with E-state index in [4.69, 9.17) is 4.74 Å². The molecule has 1 saturated carbocycles. The number of esters is 1. The minimum atomic E-state index is -0.509. The fraction of sp³-hybridized carbons (Fsp3) is 0.692. The molecule has 1 fully saturated rings. The lowest BCUT2D eigenvalue weighted by molar-refractivity contribution is -0.159. The fourth-order valence-corrected chi connectivity index (χ4v) is 2.20. The van der Waals surface area contributed by atoms with Crippen LogP contribution >= 0.6 is 0 Å². The Kier molecular flexibility index (Phi) is 4.27. The summed E-state index contributed by atoms with van der Waals surface area (Å²) < 4.78 is 5.49. The highest BCUT2D eigenvalue weighted by Crippen LogP contribution is 2.37. The molecule has 0 amide bonds. The second-order valence-electron chi connectivity index (χ2n) is 4.69. The van der Waals surface area contributed by atoms with Gasteiger partial charge in [0, 0.05) is 0 Å². The van der Waals surface area contributed by atoms with Gasteiger partial charge in [0.05, 0.1) is 0 Å². The van der Waals surface area contributed by atoms with Gasteiger partial charge in [0.15, 0.2) is 0 Å². The van der Waals surface area contributed by atoms with E-state index in [-0.39, 0.29) is 12.2 Å². The zero-order chi connectivity index (χ0) is 12.2. The predicted molar refractivity (Wildman–Crippen MR) is 62.0 cm³/mol. The van der Waals surface area contributed by atoms with Gasteiger partial charge in [-0.2, -0.15) is 0 Å². The number of hydrogen-bond acceptors (Lipinski definition) is 3. The molecule has 1 aliphatic carbocycles. The molecular formula is C13H20O3. The summed E-state index contributed by atoms with van der Waals surface area (Å²) >= 11 is 0. The van der Waals surface area contributed by atoms with E-state index in [1.807, 2.05) is 6.92 Å². The van der Waals surface area contributed by atoms with E-state index in [0.29, 0.717) is 0 Å². The monoisotopic (exact) mass is 224 g/mol. The van der Waals surface area contributed by atoms with E-state index in [1.165, 1.54) is 13.3 Å². The molecule has 0 spiro atoms. The molecule has 0 heterocycles. The molecule has 3 heteroatoms. The summed E-state index contributed by atoms with van der Waals surface area (Å²) in [5.74, 6) is -0.574. The van der Waals surface area contributed by atoms with Gasteiger partial charge in [0.1, 0.15) is 17.8 Å². The Morgan fingerprint density at radius 2 is 1.75 bits per heavy atom. The van der Waals surface area contributed by atoms with Crippen LogP contribution in [0.2, 0.25) is 0 Å². The third-order valence-electron chi connectivity index (χ3n) is 3.14. The van der Waals surface area contributed by atoms with Crippen LogP contribution in [-0.4, -0.2) is 17.4 Å². The number of rotatable bonds is 4. The van der Waals surface area contributed by atoms with Gasteiger partial charge in [-0.1, -0.05) is 13.0 Å². The van der Waals surface area contributed by atoms with Crippen molar-refractivity contribution in [2.75, 3.05) is 0 Å². The molecule has 0 radical (unpaired) electrons. The summed E-state index contributed by atoms with van der Waals surface area (Å²) in [6.45, 7) is 7.21. The molecule has 1 aliphatic rings. The highest BCUT2D eigenvalue weighted by Gasteiger charge is 2.36. The number of ether oxygens (including phenoxy) is 1. The molecule has 0 unspecified atom stereocenters. The maximum atomic E-state index is 11.5. The maximum absolute atomic E-state index is 11.5. The third-order valence-corrected chi connectivity index (χ3v) is 3.14. The SMILES string of the molecule is C=C(C)C1(OC(=O)CC(C)=O)CCCCC1. The van der Waals surface area contributed by atoms with Crippen LogP contribution in [0.4, 0.5) is 0 Å². The first-order chi connectivity index (χ1) is 7.46. The first kappa shape index (κ1) is 12.9. The first-order valence-corrected chi connectivity index (χ1v) is 5.83. The van der Waals surface area contributed by atoms with Gasteiger partial charge in [-0.25, -0.2) is 0 Å². The van der Waals surface area contributed by atoms with Crippen LogP contribution in [-0.2, 0) is 14.3 Å². The largest absolute Gasteiger partial charge is 0.454 e. The standard InChI is InChI=1S/C13H20O3/c1-10(2)13(7-5-4-6-8-13)16-12(15)9-11(3)14/h1,4-9H2,2-3H3. The summed E-state index contributed by atoms with van der Waals surface area (Å²) in [5.41, 5.74) is 0.384. The Labute approximate surface area is 96.9 Å². The quantitative estimate of drug-likeness (QED) is 0.419. The van der Waals surface area contributed by atoms with Crippen molar-refractivity contribution in [3.8, 4) is 0 Å².